The van der Waals surface area contributed by atoms with Crippen LogP contribution in [0.15, 0.2) is 0 Å². The average Bonchev–Trinajstić information content (AvgIpc) is 2.68. The summed E-state index contributed by atoms with van der Waals surface area (Å²) in [5.41, 5.74) is -0.614. The van der Waals surface area contributed by atoms with Crippen LogP contribution in [0.1, 0.15) is 40.5 Å². The Morgan fingerprint density at radius 2 is 2.15 bits per heavy atom. The topological polar surface area (TPSA) is 50.8 Å². The number of ether oxygens (including phenoxy) is 2. The van der Waals surface area contributed by atoms with Gasteiger partial charge in [-0.25, -0.2) is 0 Å². The molecule has 0 aromatic carbocycles. The minimum absolute atomic E-state index is 0.153. The Morgan fingerprint density at radius 1 is 1.40 bits per heavy atom. The van der Waals surface area contributed by atoms with Gasteiger partial charge in [-0.2, -0.15) is 0 Å². The molecular weight excluding hydrogens is 256 g/mol. The van der Waals surface area contributed by atoms with E-state index in [-0.39, 0.29) is 5.97 Å². The molecule has 118 valence electrons. The van der Waals surface area contributed by atoms with Crippen LogP contribution in [0.3, 0.4) is 0 Å². The Hall–Kier alpha value is -0.650. The predicted molar refractivity (Wildman–Crippen MR) is 79.8 cm³/mol. The summed E-state index contributed by atoms with van der Waals surface area (Å²) in [4.78, 5) is 14.6. The van der Waals surface area contributed by atoms with E-state index in [1.54, 1.807) is 0 Å². The van der Waals surface area contributed by atoms with Gasteiger partial charge in [-0.1, -0.05) is 6.92 Å². The van der Waals surface area contributed by atoms with E-state index in [0.717, 1.165) is 45.7 Å². The molecule has 2 unspecified atom stereocenters. The van der Waals surface area contributed by atoms with Gasteiger partial charge in [0.25, 0.3) is 0 Å². The van der Waals surface area contributed by atoms with Gasteiger partial charge in [0.1, 0.15) is 5.54 Å². The highest BCUT2D eigenvalue weighted by Crippen LogP contribution is 2.19. The van der Waals surface area contributed by atoms with E-state index in [0.29, 0.717) is 12.6 Å². The zero-order valence-corrected chi connectivity index (χ0v) is 13.4. The number of hydrogen-bond donors (Lipinski definition) is 1. The van der Waals surface area contributed by atoms with Crippen molar-refractivity contribution >= 4 is 5.97 Å². The van der Waals surface area contributed by atoms with Crippen molar-refractivity contribution in [1.82, 2.24) is 10.2 Å². The van der Waals surface area contributed by atoms with Crippen LogP contribution in [-0.4, -0.2) is 61.9 Å². The summed E-state index contributed by atoms with van der Waals surface area (Å²) in [6.45, 7) is 12.8. The van der Waals surface area contributed by atoms with Gasteiger partial charge in [0.05, 0.1) is 13.2 Å². The first kappa shape index (κ1) is 17.4. The summed E-state index contributed by atoms with van der Waals surface area (Å²) in [5, 5.41) is 3.30. The molecule has 0 aliphatic carbocycles. The van der Waals surface area contributed by atoms with Crippen molar-refractivity contribution in [1.29, 1.82) is 0 Å². The summed E-state index contributed by atoms with van der Waals surface area (Å²) in [5.74, 6) is -0.153. The predicted octanol–water partition coefficient (Wildman–Crippen LogP) is 1.42. The smallest absolute Gasteiger partial charge is 0.326 e. The molecule has 0 aromatic rings. The van der Waals surface area contributed by atoms with Crippen molar-refractivity contribution < 1.29 is 14.3 Å². The van der Waals surface area contributed by atoms with Gasteiger partial charge in [-0.15, -0.1) is 0 Å². The number of carbonyl (C=O) groups excluding carboxylic acids is 1. The van der Waals surface area contributed by atoms with Crippen molar-refractivity contribution in [2.75, 3.05) is 39.5 Å². The van der Waals surface area contributed by atoms with E-state index in [4.69, 9.17) is 9.47 Å². The van der Waals surface area contributed by atoms with Crippen molar-refractivity contribution in [3.63, 3.8) is 0 Å². The minimum atomic E-state index is -0.614. The van der Waals surface area contributed by atoms with Crippen molar-refractivity contribution in [3.8, 4) is 0 Å². The maximum Gasteiger partial charge on any atom is 0.326 e. The van der Waals surface area contributed by atoms with Gasteiger partial charge in [0, 0.05) is 25.7 Å². The third-order valence-electron chi connectivity index (χ3n) is 3.88. The average molecular weight is 286 g/mol. The number of rotatable bonds is 7. The molecule has 5 nitrogen and oxygen atoms in total. The first-order chi connectivity index (χ1) is 9.53. The molecule has 5 heteroatoms. The standard InChI is InChI=1S/C15H30N2O3/c1-5-16-15(4,14(18)20-6-2)12-13(3)17-8-7-10-19-11-9-17/h13,16H,5-12H2,1-4H3. The van der Waals surface area contributed by atoms with Gasteiger partial charge in [0.2, 0.25) is 0 Å². The van der Waals surface area contributed by atoms with Crippen LogP contribution in [0, 0.1) is 0 Å². The molecule has 0 saturated carbocycles. The Bertz CT molecular complexity index is 291. The number of hydrogen-bond acceptors (Lipinski definition) is 5. The molecule has 1 rings (SSSR count). The van der Waals surface area contributed by atoms with E-state index in [1.165, 1.54) is 0 Å². The van der Waals surface area contributed by atoms with E-state index < -0.39 is 5.54 Å². The lowest BCUT2D eigenvalue weighted by atomic mass is 9.92. The van der Waals surface area contributed by atoms with Crippen LogP contribution < -0.4 is 5.32 Å². The molecule has 0 spiro atoms. The molecular formula is C15H30N2O3. The van der Waals surface area contributed by atoms with Gasteiger partial charge >= 0.3 is 5.97 Å². The molecule has 1 fully saturated rings. The zero-order chi connectivity index (χ0) is 15.0. The van der Waals surface area contributed by atoms with Crippen LogP contribution in [-0.2, 0) is 14.3 Å². The van der Waals surface area contributed by atoms with Crippen LogP contribution >= 0.6 is 0 Å². The van der Waals surface area contributed by atoms with Crippen molar-refractivity contribution in [2.45, 2.75) is 52.1 Å². The number of likely N-dealkylation sites (N-methyl/N-ethyl adjacent to an activating group) is 1. The van der Waals surface area contributed by atoms with Crippen LogP contribution in [0.25, 0.3) is 0 Å². The molecule has 1 N–H and O–H groups in total. The van der Waals surface area contributed by atoms with E-state index in [2.05, 4.69) is 17.1 Å². The minimum Gasteiger partial charge on any atom is -0.465 e. The Balaban J connectivity index is 2.65. The molecule has 0 amide bonds. The summed E-state index contributed by atoms with van der Waals surface area (Å²) in [6.07, 6.45) is 1.81. The molecule has 2 atom stereocenters. The van der Waals surface area contributed by atoms with Crippen LogP contribution in [0.5, 0.6) is 0 Å². The number of nitrogens with one attached hydrogen (secondary N) is 1. The van der Waals surface area contributed by atoms with Gasteiger partial charge in [-0.05, 0) is 40.2 Å². The second-order valence-corrected chi connectivity index (χ2v) is 5.64. The quantitative estimate of drug-likeness (QED) is 0.717. The van der Waals surface area contributed by atoms with Gasteiger partial charge in [-0.3, -0.25) is 9.69 Å². The van der Waals surface area contributed by atoms with E-state index in [9.17, 15) is 4.79 Å². The first-order valence-electron chi connectivity index (χ1n) is 7.77. The fourth-order valence-electron chi connectivity index (χ4n) is 2.83. The molecule has 1 heterocycles. The number of carbonyl (C=O) groups is 1. The third kappa shape index (κ3) is 5.04. The SMILES string of the molecule is CCNC(C)(CC(C)N1CCCOCC1)C(=O)OCC. The molecule has 1 aliphatic rings. The normalized spacial score (nSPS) is 21.8. The summed E-state index contributed by atoms with van der Waals surface area (Å²) in [6, 6.07) is 0.324. The maximum absolute atomic E-state index is 12.2. The Kier molecular flexibility index (Phi) is 7.48. The van der Waals surface area contributed by atoms with Crippen LogP contribution in [0.2, 0.25) is 0 Å². The molecule has 1 saturated heterocycles. The molecule has 1 aliphatic heterocycles. The second kappa shape index (κ2) is 8.60. The van der Waals surface area contributed by atoms with Gasteiger partial charge < -0.3 is 14.8 Å². The highest BCUT2D eigenvalue weighted by atomic mass is 16.5. The lowest BCUT2D eigenvalue weighted by Gasteiger charge is -2.35. The first-order valence-corrected chi connectivity index (χ1v) is 7.77. The molecule has 0 aromatic heterocycles. The van der Waals surface area contributed by atoms with Crippen molar-refractivity contribution in [2.24, 2.45) is 0 Å². The molecule has 0 radical (unpaired) electrons. The molecule has 20 heavy (non-hydrogen) atoms. The zero-order valence-electron chi connectivity index (χ0n) is 13.4. The summed E-state index contributed by atoms with van der Waals surface area (Å²) >= 11 is 0. The van der Waals surface area contributed by atoms with Gasteiger partial charge in [0.15, 0.2) is 0 Å². The second-order valence-electron chi connectivity index (χ2n) is 5.64. The van der Waals surface area contributed by atoms with E-state index >= 15 is 0 Å². The van der Waals surface area contributed by atoms with Crippen LogP contribution in [0.4, 0.5) is 0 Å². The Morgan fingerprint density at radius 3 is 2.80 bits per heavy atom. The van der Waals surface area contributed by atoms with Crippen molar-refractivity contribution in [3.05, 3.63) is 0 Å². The highest BCUT2D eigenvalue weighted by molar-refractivity contribution is 5.80. The lowest BCUT2D eigenvalue weighted by molar-refractivity contribution is -0.151. The highest BCUT2D eigenvalue weighted by Gasteiger charge is 2.36. The summed E-state index contributed by atoms with van der Waals surface area (Å²) < 4.78 is 10.7. The largest absolute Gasteiger partial charge is 0.465 e. The summed E-state index contributed by atoms with van der Waals surface area (Å²) in [7, 11) is 0. The fraction of sp³-hybridized carbons (Fsp3) is 0.933. The third-order valence-corrected chi connectivity index (χ3v) is 3.88. The van der Waals surface area contributed by atoms with E-state index in [1.807, 2.05) is 20.8 Å². The maximum atomic E-state index is 12.2. The number of esters is 1. The fourth-order valence-corrected chi connectivity index (χ4v) is 2.83. The molecule has 0 bridgehead atoms. The lowest BCUT2D eigenvalue weighted by Crippen LogP contribution is -2.54. The Labute approximate surface area is 123 Å². The number of nitrogens with zero attached hydrogens (tertiary/aromatic N) is 1. The monoisotopic (exact) mass is 286 g/mol.